The number of nitrogens with one attached hydrogen (secondary N) is 3. The summed E-state index contributed by atoms with van der Waals surface area (Å²) in [6.45, 7) is 10.2. The minimum atomic E-state index is -0.499. The fraction of sp³-hybridized carbons (Fsp3) is 0.571. The summed E-state index contributed by atoms with van der Waals surface area (Å²) < 4.78 is 10.5. The third kappa shape index (κ3) is 7.46. The highest BCUT2D eigenvalue weighted by atomic mass is 16.6. The number of benzene rings is 1. The van der Waals surface area contributed by atoms with Crippen molar-refractivity contribution in [1.82, 2.24) is 20.9 Å². The molecule has 30 heavy (non-hydrogen) atoms. The van der Waals surface area contributed by atoms with Gasteiger partial charge < -0.3 is 30.3 Å². The van der Waals surface area contributed by atoms with Crippen molar-refractivity contribution in [2.24, 2.45) is 4.99 Å². The molecule has 0 bridgehead atoms. The van der Waals surface area contributed by atoms with E-state index in [1.165, 1.54) is 0 Å². The molecule has 2 rings (SSSR count). The summed E-state index contributed by atoms with van der Waals surface area (Å²) in [5.74, 6) is 1.12. The van der Waals surface area contributed by atoms with Crippen molar-refractivity contribution in [1.29, 1.82) is 0 Å². The maximum atomic E-state index is 12.2. The van der Waals surface area contributed by atoms with Gasteiger partial charge >= 0.3 is 6.09 Å². The maximum absolute atomic E-state index is 12.2. The molecule has 2 amide bonds. The summed E-state index contributed by atoms with van der Waals surface area (Å²) in [6, 6.07) is 7.11. The van der Waals surface area contributed by atoms with Gasteiger partial charge in [-0.25, -0.2) is 4.79 Å². The Labute approximate surface area is 178 Å². The first-order valence-corrected chi connectivity index (χ1v) is 10.2. The van der Waals surface area contributed by atoms with E-state index in [1.54, 1.807) is 36.3 Å². The summed E-state index contributed by atoms with van der Waals surface area (Å²) in [4.78, 5) is 30.4. The first-order chi connectivity index (χ1) is 14.2. The monoisotopic (exact) mass is 419 g/mol. The average molecular weight is 420 g/mol. The van der Waals surface area contributed by atoms with Crippen molar-refractivity contribution in [3.05, 3.63) is 29.8 Å². The second-order valence-electron chi connectivity index (χ2n) is 7.98. The number of aliphatic imine (C=N–C) groups is 1. The van der Waals surface area contributed by atoms with Crippen LogP contribution in [0.1, 0.15) is 38.1 Å². The van der Waals surface area contributed by atoms with Gasteiger partial charge in [0.2, 0.25) is 0 Å². The maximum Gasteiger partial charge on any atom is 0.410 e. The molecule has 1 aliphatic heterocycles. The third-order valence-electron chi connectivity index (χ3n) is 4.22. The molecule has 0 atom stereocenters. The highest BCUT2D eigenvalue weighted by molar-refractivity contribution is 5.94. The van der Waals surface area contributed by atoms with Crippen LogP contribution in [-0.4, -0.2) is 74.3 Å². The zero-order valence-electron chi connectivity index (χ0n) is 18.4. The lowest BCUT2D eigenvalue weighted by Crippen LogP contribution is -2.63. The van der Waals surface area contributed by atoms with E-state index in [-0.39, 0.29) is 18.0 Å². The molecule has 0 spiro atoms. The molecule has 1 fully saturated rings. The molecular weight excluding hydrogens is 386 g/mol. The summed E-state index contributed by atoms with van der Waals surface area (Å²) in [5.41, 5.74) is 0.0430. The van der Waals surface area contributed by atoms with Gasteiger partial charge in [-0.3, -0.25) is 9.79 Å². The molecule has 1 aromatic carbocycles. The number of guanidine groups is 1. The predicted octanol–water partition coefficient (Wildman–Crippen LogP) is 1.60. The number of hydrogen-bond acceptors (Lipinski definition) is 5. The lowest BCUT2D eigenvalue weighted by atomic mass is 10.1. The first kappa shape index (κ1) is 23.3. The van der Waals surface area contributed by atoms with Crippen molar-refractivity contribution in [2.75, 3.05) is 39.8 Å². The molecule has 1 aromatic rings. The summed E-state index contributed by atoms with van der Waals surface area (Å²) in [6.07, 6.45) is -0.303. The van der Waals surface area contributed by atoms with Crippen LogP contribution in [-0.2, 0) is 4.74 Å². The second-order valence-corrected chi connectivity index (χ2v) is 7.98. The fourth-order valence-corrected chi connectivity index (χ4v) is 2.76. The number of carbonyl (C=O) groups is 2. The molecular formula is C21H33N5O4. The number of amides is 2. The molecule has 3 N–H and O–H groups in total. The Morgan fingerprint density at radius 1 is 1.23 bits per heavy atom. The van der Waals surface area contributed by atoms with E-state index in [0.717, 1.165) is 0 Å². The molecule has 9 heteroatoms. The molecule has 0 radical (unpaired) electrons. The Hall–Kier alpha value is -2.97. The van der Waals surface area contributed by atoms with Crippen molar-refractivity contribution < 1.29 is 19.1 Å². The largest absolute Gasteiger partial charge is 0.497 e. The van der Waals surface area contributed by atoms with E-state index in [1.807, 2.05) is 27.7 Å². The van der Waals surface area contributed by atoms with Gasteiger partial charge in [-0.05, 0) is 45.9 Å². The van der Waals surface area contributed by atoms with Crippen molar-refractivity contribution >= 4 is 18.0 Å². The second kappa shape index (κ2) is 10.7. The number of likely N-dealkylation sites (tertiary alicyclic amines) is 1. The summed E-state index contributed by atoms with van der Waals surface area (Å²) >= 11 is 0. The Morgan fingerprint density at radius 2 is 1.97 bits per heavy atom. The highest BCUT2D eigenvalue weighted by Crippen LogP contribution is 2.15. The fourth-order valence-electron chi connectivity index (χ4n) is 2.76. The SMILES string of the molecule is CCNC(=NCCNC(=O)c1cccc(OC)c1)NC1CN(C(=O)OC(C)(C)C)C1. The van der Waals surface area contributed by atoms with Gasteiger partial charge in [0.1, 0.15) is 11.4 Å². The molecule has 1 heterocycles. The van der Waals surface area contributed by atoms with Crippen LogP contribution in [0.15, 0.2) is 29.3 Å². The Morgan fingerprint density at radius 3 is 2.60 bits per heavy atom. The van der Waals surface area contributed by atoms with Gasteiger partial charge in [-0.1, -0.05) is 6.07 Å². The number of hydrogen-bond donors (Lipinski definition) is 3. The molecule has 166 valence electrons. The van der Waals surface area contributed by atoms with Crippen LogP contribution in [0.25, 0.3) is 0 Å². The van der Waals surface area contributed by atoms with Gasteiger partial charge in [0.25, 0.3) is 5.91 Å². The Balaban J connectivity index is 1.75. The number of rotatable bonds is 7. The van der Waals surface area contributed by atoms with Crippen LogP contribution in [0.4, 0.5) is 4.79 Å². The lowest BCUT2D eigenvalue weighted by Gasteiger charge is -2.40. The minimum absolute atomic E-state index is 0.113. The lowest BCUT2D eigenvalue weighted by molar-refractivity contribution is 0.00700. The molecule has 1 aliphatic rings. The van der Waals surface area contributed by atoms with E-state index < -0.39 is 5.60 Å². The van der Waals surface area contributed by atoms with Crippen molar-refractivity contribution in [3.63, 3.8) is 0 Å². The molecule has 0 aromatic heterocycles. The smallest absolute Gasteiger partial charge is 0.410 e. The quantitative estimate of drug-likeness (QED) is 0.352. The average Bonchev–Trinajstić information content (AvgIpc) is 2.65. The first-order valence-electron chi connectivity index (χ1n) is 10.2. The topological polar surface area (TPSA) is 104 Å². The van der Waals surface area contributed by atoms with Gasteiger partial charge in [0.15, 0.2) is 5.96 Å². The van der Waals surface area contributed by atoms with Crippen LogP contribution in [0.2, 0.25) is 0 Å². The Bertz CT molecular complexity index is 754. The predicted molar refractivity (Wildman–Crippen MR) is 116 cm³/mol. The molecule has 0 unspecified atom stereocenters. The number of carbonyl (C=O) groups excluding carboxylic acids is 2. The van der Waals surface area contributed by atoms with Crippen LogP contribution in [0.5, 0.6) is 5.75 Å². The Kier molecular flexibility index (Phi) is 8.32. The van der Waals surface area contributed by atoms with E-state index in [2.05, 4.69) is 20.9 Å². The van der Waals surface area contributed by atoms with Crippen molar-refractivity contribution in [2.45, 2.75) is 39.3 Å². The van der Waals surface area contributed by atoms with Gasteiger partial charge in [0, 0.05) is 31.7 Å². The van der Waals surface area contributed by atoms with E-state index in [0.29, 0.717) is 50.0 Å². The summed E-state index contributed by atoms with van der Waals surface area (Å²) in [5, 5.41) is 9.32. The third-order valence-corrected chi connectivity index (χ3v) is 4.22. The number of nitrogens with zero attached hydrogens (tertiary/aromatic N) is 2. The normalized spacial score (nSPS) is 14.6. The van der Waals surface area contributed by atoms with E-state index >= 15 is 0 Å². The highest BCUT2D eigenvalue weighted by Gasteiger charge is 2.34. The van der Waals surface area contributed by atoms with E-state index in [9.17, 15) is 9.59 Å². The molecule has 0 saturated carbocycles. The van der Waals surface area contributed by atoms with Crippen LogP contribution >= 0.6 is 0 Å². The molecule has 1 saturated heterocycles. The van der Waals surface area contributed by atoms with E-state index in [4.69, 9.17) is 9.47 Å². The zero-order valence-corrected chi connectivity index (χ0v) is 18.4. The van der Waals surface area contributed by atoms with Gasteiger partial charge in [-0.15, -0.1) is 0 Å². The molecule has 0 aliphatic carbocycles. The number of methoxy groups -OCH3 is 1. The van der Waals surface area contributed by atoms with Gasteiger partial charge in [-0.2, -0.15) is 0 Å². The molecule has 9 nitrogen and oxygen atoms in total. The van der Waals surface area contributed by atoms with Crippen LogP contribution in [0, 0.1) is 0 Å². The van der Waals surface area contributed by atoms with Crippen LogP contribution < -0.4 is 20.7 Å². The summed E-state index contributed by atoms with van der Waals surface area (Å²) in [7, 11) is 1.57. The zero-order chi connectivity index (χ0) is 22.1. The number of ether oxygens (including phenoxy) is 2. The van der Waals surface area contributed by atoms with Crippen molar-refractivity contribution in [3.8, 4) is 5.75 Å². The minimum Gasteiger partial charge on any atom is -0.497 e. The van der Waals surface area contributed by atoms with Gasteiger partial charge in [0.05, 0.1) is 19.7 Å². The van der Waals surface area contributed by atoms with Crippen LogP contribution in [0.3, 0.4) is 0 Å². The standard InChI is InChI=1S/C21H33N5O4/c1-6-22-19(25-16-13-26(14-16)20(28)30-21(2,3)4)24-11-10-23-18(27)15-8-7-9-17(12-15)29-5/h7-9,12,16H,6,10-11,13-14H2,1-5H3,(H,23,27)(H2,22,24,25).